The fraction of sp³-hybridized carbons (Fsp3) is 0.533. The van der Waals surface area contributed by atoms with Crippen molar-refractivity contribution in [2.45, 2.75) is 25.9 Å². The number of nitrogens with zero attached hydrogens (tertiary/aromatic N) is 1. The smallest absolute Gasteiger partial charge is 0.238 e. The number of amides is 1. The van der Waals surface area contributed by atoms with Gasteiger partial charge in [-0.2, -0.15) is 0 Å². The third-order valence-corrected chi connectivity index (χ3v) is 4.32. The molecule has 0 aliphatic carbocycles. The summed E-state index contributed by atoms with van der Waals surface area (Å²) in [6, 6.07) is 8.47. The SMILES string of the molecule is CCNC(=O)C1CNCCN1C(C)c1ccc(Br)cc1. The first-order chi connectivity index (χ1) is 9.63. The van der Waals surface area contributed by atoms with Crippen LogP contribution in [0.3, 0.4) is 0 Å². The number of benzene rings is 1. The van der Waals surface area contributed by atoms with Gasteiger partial charge in [0.2, 0.25) is 5.91 Å². The summed E-state index contributed by atoms with van der Waals surface area (Å²) in [4.78, 5) is 14.5. The number of likely N-dealkylation sites (N-methyl/N-ethyl adjacent to an activating group) is 1. The lowest BCUT2D eigenvalue weighted by atomic mass is 10.0. The molecule has 0 radical (unpaired) electrons. The van der Waals surface area contributed by atoms with Gasteiger partial charge in [0.1, 0.15) is 6.04 Å². The zero-order valence-corrected chi connectivity index (χ0v) is 13.6. The Morgan fingerprint density at radius 1 is 1.50 bits per heavy atom. The van der Waals surface area contributed by atoms with Crippen molar-refractivity contribution in [3.8, 4) is 0 Å². The molecular formula is C15H22BrN3O. The van der Waals surface area contributed by atoms with Crippen molar-refractivity contribution in [1.82, 2.24) is 15.5 Å². The zero-order valence-electron chi connectivity index (χ0n) is 12.0. The minimum absolute atomic E-state index is 0.0950. The molecule has 4 nitrogen and oxygen atoms in total. The zero-order chi connectivity index (χ0) is 14.5. The van der Waals surface area contributed by atoms with Crippen LogP contribution in [0.25, 0.3) is 0 Å². The number of hydrogen-bond acceptors (Lipinski definition) is 3. The van der Waals surface area contributed by atoms with Crippen LogP contribution in [0.15, 0.2) is 28.7 Å². The van der Waals surface area contributed by atoms with Gasteiger partial charge in [-0.05, 0) is 31.5 Å². The van der Waals surface area contributed by atoms with Gasteiger partial charge in [-0.25, -0.2) is 0 Å². The maximum atomic E-state index is 12.2. The van der Waals surface area contributed by atoms with Crippen LogP contribution in [0.5, 0.6) is 0 Å². The highest BCUT2D eigenvalue weighted by Crippen LogP contribution is 2.24. The highest BCUT2D eigenvalue weighted by molar-refractivity contribution is 9.10. The molecule has 0 bridgehead atoms. The van der Waals surface area contributed by atoms with E-state index in [9.17, 15) is 4.79 Å². The molecule has 1 aliphatic rings. The Labute approximate surface area is 129 Å². The number of piperazine rings is 1. The molecule has 1 aromatic carbocycles. The Morgan fingerprint density at radius 2 is 2.20 bits per heavy atom. The summed E-state index contributed by atoms with van der Waals surface area (Å²) in [6.45, 7) is 7.33. The van der Waals surface area contributed by atoms with Crippen molar-refractivity contribution in [2.24, 2.45) is 0 Å². The first-order valence-corrected chi connectivity index (χ1v) is 7.92. The molecule has 2 unspecified atom stereocenters. The average Bonchev–Trinajstić information content (AvgIpc) is 2.47. The van der Waals surface area contributed by atoms with E-state index in [4.69, 9.17) is 0 Å². The Morgan fingerprint density at radius 3 is 2.85 bits per heavy atom. The lowest BCUT2D eigenvalue weighted by Gasteiger charge is -2.39. The Balaban J connectivity index is 2.14. The molecule has 110 valence electrons. The van der Waals surface area contributed by atoms with Crippen LogP contribution >= 0.6 is 15.9 Å². The van der Waals surface area contributed by atoms with Crippen molar-refractivity contribution < 1.29 is 4.79 Å². The number of carbonyl (C=O) groups excluding carboxylic acids is 1. The minimum atomic E-state index is -0.0950. The Bertz CT molecular complexity index is 449. The van der Waals surface area contributed by atoms with Gasteiger partial charge in [0.25, 0.3) is 0 Å². The largest absolute Gasteiger partial charge is 0.355 e. The van der Waals surface area contributed by atoms with Crippen LogP contribution in [0, 0.1) is 0 Å². The Hall–Kier alpha value is -0.910. The molecule has 2 N–H and O–H groups in total. The first-order valence-electron chi connectivity index (χ1n) is 7.13. The van der Waals surface area contributed by atoms with E-state index < -0.39 is 0 Å². The predicted molar refractivity (Wildman–Crippen MR) is 84.6 cm³/mol. The lowest BCUT2D eigenvalue weighted by molar-refractivity contribution is -0.128. The molecule has 1 heterocycles. The van der Waals surface area contributed by atoms with Crippen LogP contribution in [-0.2, 0) is 4.79 Å². The lowest BCUT2D eigenvalue weighted by Crippen LogP contribution is -2.58. The molecule has 1 fully saturated rings. The normalized spacial score (nSPS) is 21.4. The monoisotopic (exact) mass is 339 g/mol. The van der Waals surface area contributed by atoms with E-state index in [1.54, 1.807) is 0 Å². The molecule has 0 spiro atoms. The van der Waals surface area contributed by atoms with Gasteiger partial charge in [-0.3, -0.25) is 9.69 Å². The van der Waals surface area contributed by atoms with Gasteiger partial charge in [-0.15, -0.1) is 0 Å². The molecule has 2 rings (SSSR count). The summed E-state index contributed by atoms with van der Waals surface area (Å²) in [7, 11) is 0. The van der Waals surface area contributed by atoms with Gasteiger partial charge in [-0.1, -0.05) is 28.1 Å². The second kappa shape index (κ2) is 7.20. The third-order valence-electron chi connectivity index (χ3n) is 3.79. The number of nitrogens with one attached hydrogen (secondary N) is 2. The standard InChI is InChI=1S/C15H22BrN3O/c1-3-18-15(20)14-10-17-8-9-19(14)11(2)12-4-6-13(16)7-5-12/h4-7,11,14,17H,3,8-10H2,1-2H3,(H,18,20). The number of carbonyl (C=O) groups is 1. The maximum absolute atomic E-state index is 12.2. The average molecular weight is 340 g/mol. The topological polar surface area (TPSA) is 44.4 Å². The summed E-state index contributed by atoms with van der Waals surface area (Å²) in [6.07, 6.45) is 0. The van der Waals surface area contributed by atoms with Gasteiger partial charge >= 0.3 is 0 Å². The number of halogens is 1. The van der Waals surface area contributed by atoms with Crippen molar-refractivity contribution >= 4 is 21.8 Å². The molecule has 1 saturated heterocycles. The molecule has 0 saturated carbocycles. The second-order valence-electron chi connectivity index (χ2n) is 5.08. The van der Waals surface area contributed by atoms with E-state index in [1.165, 1.54) is 5.56 Å². The van der Waals surface area contributed by atoms with E-state index in [2.05, 4.69) is 62.7 Å². The van der Waals surface area contributed by atoms with E-state index in [-0.39, 0.29) is 18.0 Å². The summed E-state index contributed by atoms with van der Waals surface area (Å²) >= 11 is 3.46. The minimum Gasteiger partial charge on any atom is -0.355 e. The van der Waals surface area contributed by atoms with E-state index >= 15 is 0 Å². The fourth-order valence-electron chi connectivity index (χ4n) is 2.65. The highest BCUT2D eigenvalue weighted by atomic mass is 79.9. The molecule has 1 aromatic rings. The van der Waals surface area contributed by atoms with Crippen LogP contribution in [0.4, 0.5) is 0 Å². The second-order valence-corrected chi connectivity index (χ2v) is 6.00. The quantitative estimate of drug-likeness (QED) is 0.880. The third kappa shape index (κ3) is 3.59. The van der Waals surface area contributed by atoms with E-state index in [1.807, 2.05) is 6.92 Å². The van der Waals surface area contributed by atoms with Gasteiger partial charge in [0, 0.05) is 36.7 Å². The molecule has 1 aliphatic heterocycles. The van der Waals surface area contributed by atoms with Crippen LogP contribution in [0.2, 0.25) is 0 Å². The summed E-state index contributed by atoms with van der Waals surface area (Å²) in [5, 5.41) is 6.24. The molecule has 0 aromatic heterocycles. The van der Waals surface area contributed by atoms with Crippen molar-refractivity contribution in [3.63, 3.8) is 0 Å². The van der Waals surface area contributed by atoms with E-state index in [0.29, 0.717) is 13.1 Å². The van der Waals surface area contributed by atoms with Crippen LogP contribution < -0.4 is 10.6 Å². The first kappa shape index (κ1) is 15.5. The molecular weight excluding hydrogens is 318 g/mol. The highest BCUT2D eigenvalue weighted by Gasteiger charge is 2.31. The predicted octanol–water partition coefficient (Wildman–Crippen LogP) is 1.92. The van der Waals surface area contributed by atoms with Crippen molar-refractivity contribution in [1.29, 1.82) is 0 Å². The van der Waals surface area contributed by atoms with Crippen molar-refractivity contribution in [2.75, 3.05) is 26.2 Å². The molecule has 2 atom stereocenters. The van der Waals surface area contributed by atoms with E-state index in [0.717, 1.165) is 17.6 Å². The van der Waals surface area contributed by atoms with Gasteiger partial charge < -0.3 is 10.6 Å². The van der Waals surface area contributed by atoms with Gasteiger partial charge in [0.15, 0.2) is 0 Å². The number of hydrogen-bond donors (Lipinski definition) is 2. The van der Waals surface area contributed by atoms with Crippen molar-refractivity contribution in [3.05, 3.63) is 34.3 Å². The van der Waals surface area contributed by atoms with Crippen LogP contribution in [-0.4, -0.2) is 43.0 Å². The molecule has 20 heavy (non-hydrogen) atoms. The summed E-state index contributed by atoms with van der Waals surface area (Å²) in [5.74, 6) is 0.115. The maximum Gasteiger partial charge on any atom is 0.238 e. The van der Waals surface area contributed by atoms with Crippen LogP contribution in [0.1, 0.15) is 25.5 Å². The number of rotatable bonds is 4. The molecule has 1 amide bonds. The fourth-order valence-corrected chi connectivity index (χ4v) is 2.92. The van der Waals surface area contributed by atoms with Gasteiger partial charge in [0.05, 0.1) is 0 Å². The molecule has 5 heteroatoms. The summed E-state index contributed by atoms with van der Waals surface area (Å²) < 4.78 is 1.08. The Kier molecular flexibility index (Phi) is 5.57. The summed E-state index contributed by atoms with van der Waals surface area (Å²) in [5.41, 5.74) is 1.24.